The summed E-state index contributed by atoms with van der Waals surface area (Å²) in [6.45, 7) is 1.65. The van der Waals surface area contributed by atoms with Gasteiger partial charge in [0, 0.05) is 11.4 Å². The van der Waals surface area contributed by atoms with Gasteiger partial charge in [-0.1, -0.05) is 41.4 Å². The molecule has 0 heterocycles. The van der Waals surface area contributed by atoms with E-state index in [-0.39, 0.29) is 17.4 Å². The molecule has 2 aromatic rings. The average Bonchev–Trinajstić information content (AvgIpc) is 2.62. The minimum atomic E-state index is -0.470. The number of benzene rings is 2. The zero-order chi connectivity index (χ0) is 18.9. The van der Waals surface area contributed by atoms with E-state index in [1.807, 2.05) is 37.3 Å². The molecule has 0 atom stereocenters. The van der Waals surface area contributed by atoms with Crippen LogP contribution in [-0.4, -0.2) is 24.2 Å². The predicted molar refractivity (Wildman–Crippen MR) is 103 cm³/mol. The zero-order valence-corrected chi connectivity index (χ0v) is 15.7. The van der Waals surface area contributed by atoms with Crippen LogP contribution in [0.25, 0.3) is 0 Å². The number of aryl methyl sites for hydroxylation is 1. The lowest BCUT2D eigenvalue weighted by Gasteiger charge is -2.07. The third-order valence-electron chi connectivity index (χ3n) is 3.35. The highest BCUT2D eigenvalue weighted by atomic mass is 35.5. The molecule has 0 bridgehead atoms. The molecule has 0 fully saturated rings. The maximum absolute atomic E-state index is 11.8. The highest BCUT2D eigenvalue weighted by Gasteiger charge is 2.09. The Bertz CT molecular complexity index is 832. The van der Waals surface area contributed by atoms with Crippen molar-refractivity contribution in [2.45, 2.75) is 12.7 Å². The normalized spacial score (nSPS) is 10.0. The lowest BCUT2D eigenvalue weighted by atomic mass is 10.2. The number of nitrogens with one attached hydrogen (secondary N) is 1. The van der Waals surface area contributed by atoms with E-state index in [1.165, 1.54) is 29.5 Å². The third kappa shape index (κ3) is 6.43. The van der Waals surface area contributed by atoms with E-state index in [9.17, 15) is 9.59 Å². The van der Waals surface area contributed by atoms with E-state index < -0.39 is 11.9 Å². The van der Waals surface area contributed by atoms with Gasteiger partial charge in [0.2, 0.25) is 0 Å². The largest absolute Gasteiger partial charge is 0.455 e. The first-order chi connectivity index (χ1) is 12.5. The number of thioether (sulfide) groups is 1. The van der Waals surface area contributed by atoms with Gasteiger partial charge in [-0.15, -0.1) is 11.8 Å². The van der Waals surface area contributed by atoms with E-state index in [4.69, 9.17) is 21.6 Å². The summed E-state index contributed by atoms with van der Waals surface area (Å²) in [4.78, 5) is 23.5. The van der Waals surface area contributed by atoms with Gasteiger partial charge in [-0.05, 0) is 30.7 Å². The average molecular weight is 389 g/mol. The summed E-state index contributed by atoms with van der Waals surface area (Å²) in [6.07, 6.45) is 0. The smallest absolute Gasteiger partial charge is 0.316 e. The van der Waals surface area contributed by atoms with E-state index in [2.05, 4.69) is 5.32 Å². The lowest BCUT2D eigenvalue weighted by Crippen LogP contribution is -2.21. The molecule has 0 spiro atoms. The number of halogens is 1. The molecule has 0 aliphatic heterocycles. The molecule has 2 aromatic carbocycles. The Morgan fingerprint density at radius 3 is 2.62 bits per heavy atom. The summed E-state index contributed by atoms with van der Waals surface area (Å²) >= 11 is 7.32. The molecule has 0 saturated heterocycles. The fourth-order valence-electron chi connectivity index (χ4n) is 2.00. The Labute approximate surface area is 161 Å². The van der Waals surface area contributed by atoms with Gasteiger partial charge >= 0.3 is 5.97 Å². The van der Waals surface area contributed by atoms with E-state index >= 15 is 0 Å². The first-order valence-electron chi connectivity index (χ1n) is 7.76. The quantitative estimate of drug-likeness (QED) is 0.727. The minimum Gasteiger partial charge on any atom is -0.455 e. The molecule has 1 amide bonds. The number of nitrogens with zero attached hydrogens (tertiary/aromatic N) is 1. The SMILES string of the molecule is Cc1ccc(CSCC(=O)OCC(=O)Nc2ccc(C#N)c(Cl)c2)cc1. The van der Waals surface area contributed by atoms with E-state index in [1.54, 1.807) is 6.07 Å². The maximum atomic E-state index is 11.8. The number of rotatable bonds is 7. The third-order valence-corrected chi connectivity index (χ3v) is 4.64. The van der Waals surface area contributed by atoms with Gasteiger partial charge in [-0.25, -0.2) is 0 Å². The molecule has 1 N–H and O–H groups in total. The monoisotopic (exact) mass is 388 g/mol. The molecule has 7 heteroatoms. The second-order valence-corrected chi connectivity index (χ2v) is 6.89. The number of amides is 1. The maximum Gasteiger partial charge on any atom is 0.316 e. The zero-order valence-electron chi connectivity index (χ0n) is 14.1. The molecular formula is C19H17ClN2O3S. The second-order valence-electron chi connectivity index (χ2n) is 5.49. The Morgan fingerprint density at radius 2 is 1.96 bits per heavy atom. The van der Waals surface area contributed by atoms with Crippen LogP contribution in [-0.2, 0) is 20.1 Å². The summed E-state index contributed by atoms with van der Waals surface area (Å²) in [5.74, 6) is -0.0485. The van der Waals surface area contributed by atoms with Crippen LogP contribution in [0.2, 0.25) is 5.02 Å². The summed E-state index contributed by atoms with van der Waals surface area (Å²) < 4.78 is 4.95. The Morgan fingerprint density at radius 1 is 1.23 bits per heavy atom. The number of anilines is 1. The Balaban J connectivity index is 1.69. The minimum absolute atomic E-state index is 0.170. The van der Waals surface area contributed by atoms with Gasteiger partial charge in [0.1, 0.15) is 6.07 Å². The standard InChI is InChI=1S/C19H17ClN2O3S/c1-13-2-4-14(5-3-13)11-26-12-19(24)25-10-18(23)22-16-7-6-15(9-21)17(20)8-16/h2-8H,10-12H2,1H3,(H,22,23). The van der Waals surface area contributed by atoms with E-state index in [0.717, 1.165) is 5.56 Å². The molecule has 26 heavy (non-hydrogen) atoms. The summed E-state index contributed by atoms with van der Waals surface area (Å²) in [6, 6.07) is 14.5. The van der Waals surface area contributed by atoms with Crippen molar-refractivity contribution in [1.82, 2.24) is 0 Å². The first kappa shape index (κ1) is 19.8. The van der Waals surface area contributed by atoms with Crippen LogP contribution >= 0.6 is 23.4 Å². The van der Waals surface area contributed by atoms with Crippen LogP contribution in [0, 0.1) is 18.3 Å². The van der Waals surface area contributed by atoms with Gasteiger partial charge in [0.25, 0.3) is 5.91 Å². The molecule has 0 aromatic heterocycles. The number of carbonyl (C=O) groups excluding carboxylic acids is 2. The Kier molecular flexibility index (Phi) is 7.52. The van der Waals surface area contributed by atoms with Crippen molar-refractivity contribution in [1.29, 1.82) is 5.26 Å². The number of ether oxygens (including phenoxy) is 1. The van der Waals surface area contributed by atoms with Crippen LogP contribution in [0.3, 0.4) is 0 Å². The van der Waals surface area contributed by atoms with Crippen LogP contribution in [0.15, 0.2) is 42.5 Å². The molecule has 0 radical (unpaired) electrons. The van der Waals surface area contributed by atoms with Crippen molar-refractivity contribution >= 4 is 40.9 Å². The number of hydrogen-bond acceptors (Lipinski definition) is 5. The van der Waals surface area contributed by atoms with Crippen molar-refractivity contribution < 1.29 is 14.3 Å². The van der Waals surface area contributed by atoms with Crippen LogP contribution < -0.4 is 5.32 Å². The summed E-state index contributed by atoms with van der Waals surface area (Å²) in [5, 5.41) is 11.6. The molecule has 2 rings (SSSR count). The number of hydrogen-bond donors (Lipinski definition) is 1. The van der Waals surface area contributed by atoms with Crippen molar-refractivity contribution in [3.8, 4) is 6.07 Å². The highest BCUT2D eigenvalue weighted by Crippen LogP contribution is 2.20. The molecule has 134 valence electrons. The number of esters is 1. The van der Waals surface area contributed by atoms with Crippen molar-refractivity contribution in [2.24, 2.45) is 0 Å². The Hall–Kier alpha value is -2.49. The van der Waals surface area contributed by atoms with Crippen molar-refractivity contribution in [3.63, 3.8) is 0 Å². The molecule has 0 aliphatic carbocycles. The van der Waals surface area contributed by atoms with Gasteiger partial charge in [-0.2, -0.15) is 5.26 Å². The van der Waals surface area contributed by atoms with Crippen LogP contribution in [0.5, 0.6) is 0 Å². The molecule has 0 unspecified atom stereocenters. The first-order valence-corrected chi connectivity index (χ1v) is 9.29. The lowest BCUT2D eigenvalue weighted by molar-refractivity contribution is -0.144. The topological polar surface area (TPSA) is 79.2 Å². The summed E-state index contributed by atoms with van der Waals surface area (Å²) in [5.41, 5.74) is 3.07. The van der Waals surface area contributed by atoms with Gasteiger partial charge < -0.3 is 10.1 Å². The highest BCUT2D eigenvalue weighted by molar-refractivity contribution is 7.99. The second kappa shape index (κ2) is 9.85. The fraction of sp³-hybridized carbons (Fsp3) is 0.211. The van der Waals surface area contributed by atoms with E-state index in [0.29, 0.717) is 17.0 Å². The van der Waals surface area contributed by atoms with Crippen LogP contribution in [0.4, 0.5) is 5.69 Å². The van der Waals surface area contributed by atoms with Gasteiger partial charge in [-0.3, -0.25) is 9.59 Å². The van der Waals surface area contributed by atoms with Crippen LogP contribution in [0.1, 0.15) is 16.7 Å². The predicted octanol–water partition coefficient (Wildman–Crippen LogP) is 3.94. The number of carbonyl (C=O) groups is 2. The molecule has 0 aliphatic rings. The van der Waals surface area contributed by atoms with Crippen molar-refractivity contribution in [2.75, 3.05) is 17.7 Å². The molecule has 0 saturated carbocycles. The van der Waals surface area contributed by atoms with Gasteiger partial charge in [0.15, 0.2) is 6.61 Å². The summed E-state index contributed by atoms with van der Waals surface area (Å²) in [7, 11) is 0. The molecule has 5 nitrogen and oxygen atoms in total. The van der Waals surface area contributed by atoms with Gasteiger partial charge in [0.05, 0.1) is 16.3 Å². The molecular weight excluding hydrogens is 372 g/mol. The number of nitriles is 1. The fourth-order valence-corrected chi connectivity index (χ4v) is 3.01. The van der Waals surface area contributed by atoms with Crippen molar-refractivity contribution in [3.05, 3.63) is 64.2 Å².